The van der Waals surface area contributed by atoms with Crippen molar-refractivity contribution in [3.63, 3.8) is 0 Å². The van der Waals surface area contributed by atoms with Crippen molar-refractivity contribution >= 4 is 57.0 Å². The van der Waals surface area contributed by atoms with E-state index in [-0.39, 0.29) is 43.0 Å². The fraction of sp³-hybridized carbons (Fsp3) is 0.353. The normalized spacial score (nSPS) is 11.9. The molecule has 0 bridgehead atoms. The number of nitrogens with one attached hydrogen (secondary N) is 2. The lowest BCUT2D eigenvalue weighted by Gasteiger charge is -2.08. The first-order valence-electron chi connectivity index (χ1n) is 8.04. The first kappa shape index (κ1) is 22.9. The van der Waals surface area contributed by atoms with E-state index in [1.165, 1.54) is 16.9 Å². The number of thiophene rings is 1. The largest absolute Gasteiger partial charge is 0.370 e. The van der Waals surface area contributed by atoms with Crippen molar-refractivity contribution in [2.75, 3.05) is 18.4 Å². The van der Waals surface area contributed by atoms with E-state index in [4.69, 9.17) is 5.73 Å². The number of halogens is 1. The van der Waals surface area contributed by atoms with Crippen LogP contribution in [-0.2, 0) is 16.4 Å². The van der Waals surface area contributed by atoms with E-state index in [9.17, 15) is 8.42 Å². The molecule has 1 aromatic carbocycles. The predicted octanol–water partition coefficient (Wildman–Crippen LogP) is 3.25. The predicted molar refractivity (Wildman–Crippen MR) is 120 cm³/mol. The van der Waals surface area contributed by atoms with Gasteiger partial charge >= 0.3 is 0 Å². The molecule has 144 valence electrons. The second-order valence-corrected chi connectivity index (χ2v) is 8.82. The molecule has 0 radical (unpaired) electrons. The summed E-state index contributed by atoms with van der Waals surface area (Å²) in [6.07, 6.45) is 0.940. The number of hydrogen-bond donors (Lipinski definition) is 3. The number of nitrogens with two attached hydrogens (primary N) is 1. The van der Waals surface area contributed by atoms with Gasteiger partial charge in [-0.3, -0.25) is 4.99 Å². The average molecular weight is 508 g/mol. The maximum atomic E-state index is 12.3. The van der Waals surface area contributed by atoms with Crippen molar-refractivity contribution < 1.29 is 8.42 Å². The minimum atomic E-state index is -3.51. The second kappa shape index (κ2) is 10.2. The SMILES string of the molecule is CCc1cccc(NC(N)=NCCNS(=O)(=O)c2cc(C)sc2C)c1.I. The van der Waals surface area contributed by atoms with Gasteiger partial charge in [0.05, 0.1) is 11.4 Å². The molecule has 4 N–H and O–H groups in total. The zero-order chi connectivity index (χ0) is 18.4. The quantitative estimate of drug-likeness (QED) is 0.232. The number of benzene rings is 1. The number of anilines is 1. The zero-order valence-electron chi connectivity index (χ0n) is 15.1. The van der Waals surface area contributed by atoms with Crippen molar-refractivity contribution in [1.82, 2.24) is 4.72 Å². The van der Waals surface area contributed by atoms with E-state index in [1.807, 2.05) is 31.2 Å². The third-order valence-corrected chi connectivity index (χ3v) is 6.26. The third kappa shape index (κ3) is 6.53. The first-order chi connectivity index (χ1) is 11.8. The standard InChI is InChI=1S/C17H24N4O2S2.HI/c1-4-14-6-5-7-15(11-14)21-17(18)19-8-9-20-25(22,23)16-10-12(2)24-13(16)3;/h5-7,10-11,20H,4,8-9H2,1-3H3,(H3,18,19,21);1H. The molecule has 9 heteroatoms. The minimum absolute atomic E-state index is 0. The van der Waals surface area contributed by atoms with Crippen LogP contribution < -0.4 is 15.8 Å². The molecule has 0 unspecified atom stereocenters. The van der Waals surface area contributed by atoms with E-state index in [0.29, 0.717) is 4.90 Å². The molecule has 0 amide bonds. The van der Waals surface area contributed by atoms with Crippen molar-refractivity contribution in [1.29, 1.82) is 0 Å². The number of hydrogen-bond acceptors (Lipinski definition) is 4. The van der Waals surface area contributed by atoms with Gasteiger partial charge in [-0.15, -0.1) is 35.3 Å². The van der Waals surface area contributed by atoms with Crippen LogP contribution in [0.2, 0.25) is 0 Å². The van der Waals surface area contributed by atoms with Crippen molar-refractivity contribution in [3.05, 3.63) is 45.6 Å². The van der Waals surface area contributed by atoms with Crippen LogP contribution >= 0.6 is 35.3 Å². The molecule has 26 heavy (non-hydrogen) atoms. The molecule has 1 aromatic heterocycles. The lowest BCUT2D eigenvalue weighted by Crippen LogP contribution is -2.28. The summed E-state index contributed by atoms with van der Waals surface area (Å²) >= 11 is 1.47. The molecule has 0 aliphatic heterocycles. The topological polar surface area (TPSA) is 96.6 Å². The van der Waals surface area contributed by atoms with E-state index < -0.39 is 10.0 Å². The summed E-state index contributed by atoms with van der Waals surface area (Å²) in [6.45, 7) is 6.22. The van der Waals surface area contributed by atoms with Crippen LogP contribution in [0.5, 0.6) is 0 Å². The fourth-order valence-electron chi connectivity index (χ4n) is 2.36. The van der Waals surface area contributed by atoms with E-state index >= 15 is 0 Å². The Bertz CT molecular complexity index is 863. The van der Waals surface area contributed by atoms with Crippen LogP contribution in [0.3, 0.4) is 0 Å². The number of nitrogens with zero attached hydrogens (tertiary/aromatic N) is 1. The lowest BCUT2D eigenvalue weighted by atomic mass is 10.1. The molecular formula is C17H25IN4O2S2. The Labute approximate surface area is 176 Å². The summed E-state index contributed by atoms with van der Waals surface area (Å²) in [5, 5.41) is 3.01. The Kier molecular flexibility index (Phi) is 9.01. The summed E-state index contributed by atoms with van der Waals surface area (Å²) in [6, 6.07) is 9.59. The molecule has 0 saturated carbocycles. The molecule has 2 aromatic rings. The van der Waals surface area contributed by atoms with Crippen LogP contribution in [0.25, 0.3) is 0 Å². The van der Waals surface area contributed by atoms with Gasteiger partial charge in [0.2, 0.25) is 10.0 Å². The Balaban J connectivity index is 0.00000338. The molecule has 0 aliphatic carbocycles. The van der Waals surface area contributed by atoms with Crippen molar-refractivity contribution in [3.8, 4) is 0 Å². The lowest BCUT2D eigenvalue weighted by molar-refractivity contribution is 0.582. The molecule has 0 spiro atoms. The van der Waals surface area contributed by atoms with Gasteiger partial charge in [0, 0.05) is 22.0 Å². The van der Waals surface area contributed by atoms with Gasteiger partial charge in [-0.1, -0.05) is 19.1 Å². The molecule has 0 atom stereocenters. The number of sulfonamides is 1. The second-order valence-electron chi connectivity index (χ2n) is 5.62. The Hall–Kier alpha value is -1.17. The highest BCUT2D eigenvalue weighted by Gasteiger charge is 2.18. The number of aryl methyl sites for hydroxylation is 3. The Morgan fingerprint density at radius 1 is 1.27 bits per heavy atom. The summed E-state index contributed by atoms with van der Waals surface area (Å²) < 4.78 is 27.1. The van der Waals surface area contributed by atoms with E-state index in [0.717, 1.165) is 21.9 Å². The van der Waals surface area contributed by atoms with Gasteiger partial charge in [0.1, 0.15) is 0 Å². The van der Waals surface area contributed by atoms with Crippen molar-refractivity contribution in [2.24, 2.45) is 10.7 Å². The summed E-state index contributed by atoms with van der Waals surface area (Å²) in [5.41, 5.74) is 7.92. The molecule has 0 saturated heterocycles. The molecular weight excluding hydrogens is 483 g/mol. The number of rotatable bonds is 7. The maximum absolute atomic E-state index is 12.3. The van der Waals surface area contributed by atoms with Crippen LogP contribution in [0.15, 0.2) is 40.2 Å². The number of aliphatic imine (C=N–C) groups is 1. The molecule has 1 heterocycles. The molecule has 0 fully saturated rings. The van der Waals surface area contributed by atoms with Crippen molar-refractivity contribution in [2.45, 2.75) is 32.1 Å². The van der Waals surface area contributed by atoms with E-state index in [2.05, 4.69) is 22.0 Å². The average Bonchev–Trinajstić information content (AvgIpc) is 2.91. The van der Waals surface area contributed by atoms with Crippen LogP contribution in [0.4, 0.5) is 5.69 Å². The Morgan fingerprint density at radius 3 is 2.62 bits per heavy atom. The highest BCUT2D eigenvalue weighted by Crippen LogP contribution is 2.24. The highest BCUT2D eigenvalue weighted by molar-refractivity contribution is 14.0. The Morgan fingerprint density at radius 2 is 2.00 bits per heavy atom. The maximum Gasteiger partial charge on any atom is 0.241 e. The van der Waals surface area contributed by atoms with Gasteiger partial charge in [0.15, 0.2) is 5.96 Å². The van der Waals surface area contributed by atoms with Crippen LogP contribution in [0.1, 0.15) is 22.2 Å². The van der Waals surface area contributed by atoms with Gasteiger partial charge in [-0.2, -0.15) is 0 Å². The first-order valence-corrected chi connectivity index (χ1v) is 10.3. The summed E-state index contributed by atoms with van der Waals surface area (Å²) in [5.74, 6) is 0.259. The summed E-state index contributed by atoms with van der Waals surface area (Å²) in [4.78, 5) is 6.25. The molecule has 2 rings (SSSR count). The summed E-state index contributed by atoms with van der Waals surface area (Å²) in [7, 11) is -3.51. The minimum Gasteiger partial charge on any atom is -0.370 e. The third-order valence-electron chi connectivity index (χ3n) is 3.58. The number of guanidine groups is 1. The van der Waals surface area contributed by atoms with Gasteiger partial charge in [0.25, 0.3) is 0 Å². The molecule has 0 aliphatic rings. The highest BCUT2D eigenvalue weighted by atomic mass is 127. The van der Waals surface area contributed by atoms with Gasteiger partial charge in [-0.05, 0) is 44.0 Å². The smallest absolute Gasteiger partial charge is 0.241 e. The zero-order valence-corrected chi connectivity index (χ0v) is 19.0. The van der Waals surface area contributed by atoms with Gasteiger partial charge in [-0.25, -0.2) is 13.1 Å². The fourth-order valence-corrected chi connectivity index (χ4v) is 4.94. The molecule has 6 nitrogen and oxygen atoms in total. The monoisotopic (exact) mass is 508 g/mol. The van der Waals surface area contributed by atoms with Crippen LogP contribution in [0, 0.1) is 13.8 Å². The van der Waals surface area contributed by atoms with Crippen LogP contribution in [-0.4, -0.2) is 27.5 Å². The van der Waals surface area contributed by atoms with Gasteiger partial charge < -0.3 is 11.1 Å². The van der Waals surface area contributed by atoms with E-state index in [1.54, 1.807) is 13.0 Å².